The second-order valence-corrected chi connectivity index (χ2v) is 9.67. The fourth-order valence-electron chi connectivity index (χ4n) is 4.23. The first-order chi connectivity index (χ1) is 20.2. The number of fused-ring (bicyclic) bond motifs is 3. The summed E-state index contributed by atoms with van der Waals surface area (Å²) < 4.78 is 5.30. The van der Waals surface area contributed by atoms with Gasteiger partial charge in [-0.2, -0.15) is 5.48 Å². The van der Waals surface area contributed by atoms with E-state index >= 15 is 0 Å². The highest BCUT2D eigenvalue weighted by molar-refractivity contribution is 6.30. The second-order valence-electron chi connectivity index (χ2n) is 9.24. The molecule has 2 N–H and O–H groups in total. The molecule has 0 unspecified atom stereocenters. The van der Waals surface area contributed by atoms with Gasteiger partial charge in [0.25, 0.3) is 0 Å². The molecule has 0 aliphatic heterocycles. The van der Waals surface area contributed by atoms with Gasteiger partial charge in [-0.25, -0.2) is 14.4 Å². The van der Waals surface area contributed by atoms with Gasteiger partial charge in [-0.05, 0) is 65.6 Å². The van der Waals surface area contributed by atoms with Crippen LogP contribution in [0.15, 0.2) is 97.1 Å². The zero-order chi connectivity index (χ0) is 30.1. The molecule has 214 valence electrons. The molecular weight excluding hydrogens is 560 g/mol. The standard InChI is InChI=1S/C22H16ClNO4.C10H11NO3/c23-15-11-9-14(10-12-15)21(25)28-24-22(26)27-13-20-18-7-3-1-5-16(18)17-6-2-4-8-19(17)20;1-7-3-5-9(6-4-7)10(13)14-11-8(2)12/h1-12,20H,13H2,(H,24,26);3-6H,1-2H3,(H,11,12). The Kier molecular flexibility index (Phi) is 9.91. The molecule has 4 aromatic rings. The van der Waals surface area contributed by atoms with E-state index in [1.165, 1.54) is 19.1 Å². The van der Waals surface area contributed by atoms with Crippen molar-refractivity contribution in [3.8, 4) is 11.1 Å². The predicted octanol–water partition coefficient (Wildman–Crippen LogP) is 6.15. The summed E-state index contributed by atoms with van der Waals surface area (Å²) in [6.07, 6.45) is -0.829. The molecule has 0 heterocycles. The van der Waals surface area contributed by atoms with Crippen molar-refractivity contribution in [1.82, 2.24) is 11.0 Å². The van der Waals surface area contributed by atoms with Gasteiger partial charge in [0.15, 0.2) is 0 Å². The summed E-state index contributed by atoms with van der Waals surface area (Å²) in [4.78, 5) is 54.8. The van der Waals surface area contributed by atoms with Gasteiger partial charge in [-0.1, -0.05) is 77.8 Å². The Morgan fingerprint density at radius 1 is 0.690 bits per heavy atom. The minimum absolute atomic E-state index is 0.0647. The minimum Gasteiger partial charge on any atom is -0.446 e. The third-order valence-electron chi connectivity index (χ3n) is 6.23. The number of ether oxygens (including phenoxy) is 1. The SMILES string of the molecule is CC(=O)NOC(=O)c1ccc(C)cc1.O=C(NOC(=O)c1ccc(Cl)cc1)OCC1c2ccccc2-c2ccccc21. The lowest BCUT2D eigenvalue weighted by Gasteiger charge is -2.14. The molecule has 0 radical (unpaired) electrons. The van der Waals surface area contributed by atoms with Gasteiger partial charge in [-0.15, -0.1) is 5.48 Å². The van der Waals surface area contributed by atoms with Crippen LogP contribution in [0.5, 0.6) is 0 Å². The molecule has 0 bridgehead atoms. The van der Waals surface area contributed by atoms with Crippen molar-refractivity contribution in [1.29, 1.82) is 0 Å². The van der Waals surface area contributed by atoms with Crippen LogP contribution in [0, 0.1) is 6.92 Å². The van der Waals surface area contributed by atoms with E-state index in [4.69, 9.17) is 21.2 Å². The van der Waals surface area contributed by atoms with E-state index in [0.29, 0.717) is 10.6 Å². The number of halogens is 1. The topological polar surface area (TPSA) is 120 Å². The van der Waals surface area contributed by atoms with E-state index < -0.39 is 23.9 Å². The lowest BCUT2D eigenvalue weighted by Crippen LogP contribution is -2.29. The third kappa shape index (κ3) is 7.74. The number of hydrogen-bond donors (Lipinski definition) is 2. The maximum Gasteiger partial charge on any atom is 0.440 e. The lowest BCUT2D eigenvalue weighted by molar-refractivity contribution is -0.127. The van der Waals surface area contributed by atoms with E-state index in [1.54, 1.807) is 36.4 Å². The van der Waals surface area contributed by atoms with Gasteiger partial charge in [-0.3, -0.25) is 4.79 Å². The first-order valence-corrected chi connectivity index (χ1v) is 13.2. The molecule has 0 atom stereocenters. The van der Waals surface area contributed by atoms with Crippen LogP contribution in [0.4, 0.5) is 4.79 Å². The molecule has 1 aliphatic rings. The highest BCUT2D eigenvalue weighted by Gasteiger charge is 2.29. The highest BCUT2D eigenvalue weighted by Crippen LogP contribution is 2.44. The Balaban J connectivity index is 0.000000244. The van der Waals surface area contributed by atoms with Gasteiger partial charge < -0.3 is 14.4 Å². The molecule has 0 spiro atoms. The summed E-state index contributed by atoms with van der Waals surface area (Å²) in [5, 5.41) is 0.501. The quantitative estimate of drug-likeness (QED) is 0.217. The molecule has 10 heteroatoms. The van der Waals surface area contributed by atoms with Crippen molar-refractivity contribution in [3.05, 3.63) is 130 Å². The summed E-state index contributed by atoms with van der Waals surface area (Å²) >= 11 is 5.78. The minimum atomic E-state index is -0.829. The average Bonchev–Trinajstić information content (AvgIpc) is 3.32. The third-order valence-corrected chi connectivity index (χ3v) is 6.48. The van der Waals surface area contributed by atoms with Crippen molar-refractivity contribution in [3.63, 3.8) is 0 Å². The second kappa shape index (κ2) is 14.0. The number of hydrogen-bond acceptors (Lipinski definition) is 7. The molecule has 9 nitrogen and oxygen atoms in total. The molecule has 0 saturated carbocycles. The monoisotopic (exact) mass is 586 g/mol. The molecule has 0 aromatic heterocycles. The van der Waals surface area contributed by atoms with E-state index in [0.717, 1.165) is 27.8 Å². The Bertz CT molecular complexity index is 1540. The van der Waals surface area contributed by atoms with Crippen LogP contribution in [0.2, 0.25) is 5.02 Å². The molecule has 2 amide bonds. The fourth-order valence-corrected chi connectivity index (χ4v) is 4.35. The average molecular weight is 587 g/mol. The molecule has 0 fully saturated rings. The van der Waals surface area contributed by atoms with E-state index in [2.05, 4.69) is 17.0 Å². The van der Waals surface area contributed by atoms with Crippen LogP contribution in [-0.4, -0.2) is 30.5 Å². The van der Waals surface area contributed by atoms with Gasteiger partial charge in [0.05, 0.1) is 11.1 Å². The van der Waals surface area contributed by atoms with Crippen molar-refractivity contribution >= 4 is 35.5 Å². The largest absolute Gasteiger partial charge is 0.446 e. The number of nitrogens with one attached hydrogen (secondary N) is 2. The van der Waals surface area contributed by atoms with E-state index in [9.17, 15) is 19.2 Å². The van der Waals surface area contributed by atoms with Gasteiger partial charge in [0.2, 0.25) is 5.91 Å². The lowest BCUT2D eigenvalue weighted by atomic mass is 9.98. The highest BCUT2D eigenvalue weighted by atomic mass is 35.5. The first kappa shape index (κ1) is 29.8. The zero-order valence-electron chi connectivity index (χ0n) is 22.8. The number of carbonyl (C=O) groups excluding carboxylic acids is 4. The number of benzene rings is 4. The normalized spacial score (nSPS) is 11.1. The summed E-state index contributed by atoms with van der Waals surface area (Å²) in [6, 6.07) is 29.1. The van der Waals surface area contributed by atoms with Crippen molar-refractivity contribution in [2.45, 2.75) is 19.8 Å². The van der Waals surface area contributed by atoms with Crippen LogP contribution in [0.3, 0.4) is 0 Å². The van der Waals surface area contributed by atoms with Crippen LogP contribution in [-0.2, 0) is 19.2 Å². The number of aryl methyl sites for hydroxylation is 1. The van der Waals surface area contributed by atoms with Crippen LogP contribution in [0.1, 0.15) is 50.2 Å². The summed E-state index contributed by atoms with van der Waals surface area (Å²) in [7, 11) is 0. The Hall–Kier alpha value is -5.15. The number of hydroxylamine groups is 2. The number of carbonyl (C=O) groups is 4. The van der Waals surface area contributed by atoms with Gasteiger partial charge >= 0.3 is 18.0 Å². The Labute approximate surface area is 247 Å². The summed E-state index contributed by atoms with van der Waals surface area (Å²) in [5.74, 6) is -1.75. The van der Waals surface area contributed by atoms with Crippen molar-refractivity contribution in [2.75, 3.05) is 6.61 Å². The number of amides is 2. The molecule has 0 saturated heterocycles. The Morgan fingerprint density at radius 2 is 1.17 bits per heavy atom. The molecule has 4 aromatic carbocycles. The van der Waals surface area contributed by atoms with E-state index in [-0.39, 0.29) is 18.1 Å². The molecular formula is C32H27ClN2O7. The summed E-state index contributed by atoms with van der Waals surface area (Å²) in [6.45, 7) is 3.32. The molecule has 42 heavy (non-hydrogen) atoms. The van der Waals surface area contributed by atoms with Crippen molar-refractivity contribution < 1.29 is 33.6 Å². The molecule has 5 rings (SSSR count). The smallest absolute Gasteiger partial charge is 0.440 e. The van der Waals surface area contributed by atoms with Crippen molar-refractivity contribution in [2.24, 2.45) is 0 Å². The maximum atomic E-state index is 12.0. The fraction of sp³-hybridized carbons (Fsp3) is 0.125. The zero-order valence-corrected chi connectivity index (χ0v) is 23.5. The maximum absolute atomic E-state index is 12.0. The molecule has 1 aliphatic carbocycles. The first-order valence-electron chi connectivity index (χ1n) is 12.8. The van der Waals surface area contributed by atoms with Crippen LogP contribution < -0.4 is 11.0 Å². The van der Waals surface area contributed by atoms with Crippen LogP contribution in [0.25, 0.3) is 11.1 Å². The number of rotatable bonds is 4. The van der Waals surface area contributed by atoms with E-state index in [1.807, 2.05) is 54.3 Å². The van der Waals surface area contributed by atoms with Gasteiger partial charge in [0, 0.05) is 17.9 Å². The predicted molar refractivity (Wildman–Crippen MR) is 155 cm³/mol. The summed E-state index contributed by atoms with van der Waals surface area (Å²) in [5.41, 5.74) is 10.2. The van der Waals surface area contributed by atoms with Gasteiger partial charge in [0.1, 0.15) is 6.61 Å². The van der Waals surface area contributed by atoms with Crippen LogP contribution >= 0.6 is 11.6 Å². The Morgan fingerprint density at radius 3 is 1.69 bits per heavy atom.